The van der Waals surface area contributed by atoms with Gasteiger partial charge in [0.25, 0.3) is 0 Å². The number of benzene rings is 2. The fourth-order valence-corrected chi connectivity index (χ4v) is 4.28. The van der Waals surface area contributed by atoms with Gasteiger partial charge in [0.1, 0.15) is 5.75 Å². The number of hydrogen-bond acceptors (Lipinski definition) is 5. The van der Waals surface area contributed by atoms with E-state index in [1.807, 2.05) is 91.7 Å². The molecule has 0 saturated heterocycles. The summed E-state index contributed by atoms with van der Waals surface area (Å²) >= 11 is 5.43. The van der Waals surface area contributed by atoms with Crippen molar-refractivity contribution in [3.8, 4) is 22.8 Å². The Morgan fingerprint density at radius 3 is 2.51 bits per heavy atom. The molecular formula is C26H30N6O2S. The summed E-state index contributed by atoms with van der Waals surface area (Å²) in [6, 6.07) is 17.7. The Labute approximate surface area is 210 Å². The van der Waals surface area contributed by atoms with Gasteiger partial charge in [-0.25, -0.2) is 4.68 Å². The number of carbonyl (C=O) groups excluding carboxylic acids is 1. The van der Waals surface area contributed by atoms with Crippen LogP contribution in [0.4, 0.5) is 0 Å². The number of aryl methyl sites for hydroxylation is 1. The second-order valence-electron chi connectivity index (χ2n) is 8.36. The highest BCUT2D eigenvalue weighted by Gasteiger charge is 2.18. The summed E-state index contributed by atoms with van der Waals surface area (Å²) in [5, 5.41) is 11.9. The van der Waals surface area contributed by atoms with Gasteiger partial charge in [0.2, 0.25) is 5.91 Å². The number of nitrogens with one attached hydrogen (secondary N) is 1. The molecule has 0 spiro atoms. The lowest BCUT2D eigenvalue weighted by Crippen LogP contribution is -2.27. The maximum absolute atomic E-state index is 13.0. The Balaban J connectivity index is 1.44. The van der Waals surface area contributed by atoms with Gasteiger partial charge in [-0.15, -0.1) is 0 Å². The zero-order valence-electron chi connectivity index (χ0n) is 20.5. The number of carbonyl (C=O) groups is 1. The largest absolute Gasteiger partial charge is 0.494 e. The zero-order valence-corrected chi connectivity index (χ0v) is 21.3. The first kappa shape index (κ1) is 24.4. The molecule has 0 aliphatic carbocycles. The zero-order chi connectivity index (χ0) is 24.9. The standard InChI is InChI=1S/C26H30N6O2S/c1-5-34-22-13-11-20(12-14-22)25-27-28-26(35)31(25)16-15-24(33)30(4)17-23-18(2)29-32(19(23)3)21-9-7-6-8-10-21/h6-14H,5,15-17H2,1-4H3,(H,28,35). The summed E-state index contributed by atoms with van der Waals surface area (Å²) in [6.45, 7) is 7.50. The lowest BCUT2D eigenvalue weighted by molar-refractivity contribution is -0.130. The third kappa shape index (κ3) is 5.35. The molecule has 8 nitrogen and oxygen atoms in total. The van der Waals surface area contributed by atoms with Gasteiger partial charge in [-0.3, -0.25) is 14.5 Å². The Morgan fingerprint density at radius 1 is 1.11 bits per heavy atom. The van der Waals surface area contributed by atoms with E-state index < -0.39 is 0 Å². The van der Waals surface area contributed by atoms with Crippen LogP contribution in [0.5, 0.6) is 5.75 Å². The van der Waals surface area contributed by atoms with Gasteiger partial charge in [-0.05, 0) is 69.4 Å². The van der Waals surface area contributed by atoms with E-state index in [1.165, 1.54) is 0 Å². The Kier molecular flexibility index (Phi) is 7.45. The Hall–Kier alpha value is -3.72. The molecule has 182 valence electrons. The molecule has 0 fully saturated rings. The topological polar surface area (TPSA) is 81.0 Å². The lowest BCUT2D eigenvalue weighted by atomic mass is 10.1. The SMILES string of the molecule is CCOc1ccc(-c2n[nH]c(=S)n2CCC(=O)N(C)Cc2c(C)nn(-c3ccccc3)c2C)cc1. The van der Waals surface area contributed by atoms with Crippen molar-refractivity contribution in [1.29, 1.82) is 0 Å². The number of nitrogens with zero attached hydrogens (tertiary/aromatic N) is 5. The highest BCUT2D eigenvalue weighted by atomic mass is 32.1. The van der Waals surface area contributed by atoms with Gasteiger partial charge in [0.15, 0.2) is 10.6 Å². The van der Waals surface area contributed by atoms with Crippen LogP contribution in [0, 0.1) is 18.6 Å². The molecule has 4 aromatic rings. The van der Waals surface area contributed by atoms with E-state index in [4.69, 9.17) is 22.1 Å². The van der Waals surface area contributed by atoms with Crippen LogP contribution < -0.4 is 4.74 Å². The van der Waals surface area contributed by atoms with E-state index in [9.17, 15) is 4.79 Å². The van der Waals surface area contributed by atoms with E-state index in [0.29, 0.717) is 36.7 Å². The lowest BCUT2D eigenvalue weighted by Gasteiger charge is -2.18. The smallest absolute Gasteiger partial charge is 0.224 e. The minimum absolute atomic E-state index is 0.0250. The van der Waals surface area contributed by atoms with Crippen molar-refractivity contribution in [3.63, 3.8) is 0 Å². The Morgan fingerprint density at radius 2 is 1.83 bits per heavy atom. The summed E-state index contributed by atoms with van der Waals surface area (Å²) in [5.74, 6) is 1.52. The number of ether oxygens (including phenoxy) is 1. The minimum Gasteiger partial charge on any atom is -0.494 e. The van der Waals surface area contributed by atoms with Crippen LogP contribution >= 0.6 is 12.2 Å². The quantitative estimate of drug-likeness (QED) is 0.339. The molecule has 0 aliphatic rings. The fraction of sp³-hybridized carbons (Fsp3) is 0.308. The molecule has 35 heavy (non-hydrogen) atoms. The molecule has 4 rings (SSSR count). The average Bonchev–Trinajstić information content (AvgIpc) is 3.37. The van der Waals surface area contributed by atoms with E-state index in [-0.39, 0.29) is 5.91 Å². The van der Waals surface area contributed by atoms with Gasteiger partial charge in [0, 0.05) is 43.4 Å². The van der Waals surface area contributed by atoms with Crippen LogP contribution in [0.1, 0.15) is 30.3 Å². The Bertz CT molecular complexity index is 1350. The van der Waals surface area contributed by atoms with Crippen molar-refractivity contribution < 1.29 is 9.53 Å². The summed E-state index contributed by atoms with van der Waals surface area (Å²) in [4.78, 5) is 14.8. The molecule has 1 amide bonds. The van der Waals surface area contributed by atoms with Gasteiger partial charge in [-0.2, -0.15) is 10.2 Å². The van der Waals surface area contributed by atoms with Gasteiger partial charge < -0.3 is 9.64 Å². The summed E-state index contributed by atoms with van der Waals surface area (Å²) < 4.78 is 9.79. The van der Waals surface area contributed by atoms with E-state index in [1.54, 1.807) is 4.90 Å². The molecule has 0 saturated carbocycles. The number of aromatic amines is 1. The second-order valence-corrected chi connectivity index (χ2v) is 8.74. The number of amides is 1. The van der Waals surface area contributed by atoms with Crippen molar-refractivity contribution >= 4 is 18.1 Å². The second kappa shape index (κ2) is 10.7. The molecular weight excluding hydrogens is 460 g/mol. The van der Waals surface area contributed by atoms with Crippen LogP contribution in [0.2, 0.25) is 0 Å². The van der Waals surface area contributed by atoms with Crippen LogP contribution in [-0.4, -0.2) is 49.0 Å². The van der Waals surface area contributed by atoms with Crippen LogP contribution in [-0.2, 0) is 17.9 Å². The molecule has 9 heteroatoms. The van der Waals surface area contributed by atoms with Crippen molar-refractivity contribution in [3.05, 3.63) is 76.3 Å². The number of H-pyrrole nitrogens is 1. The van der Waals surface area contributed by atoms with Crippen LogP contribution in [0.15, 0.2) is 54.6 Å². The third-order valence-corrected chi connectivity index (χ3v) is 6.31. The predicted molar refractivity (Wildman–Crippen MR) is 138 cm³/mol. The molecule has 0 unspecified atom stereocenters. The maximum atomic E-state index is 13.0. The average molecular weight is 491 g/mol. The molecule has 0 bridgehead atoms. The van der Waals surface area contributed by atoms with Crippen molar-refractivity contribution in [2.75, 3.05) is 13.7 Å². The number of hydrogen-bond donors (Lipinski definition) is 1. The summed E-state index contributed by atoms with van der Waals surface area (Å²) in [6.07, 6.45) is 0.305. The van der Waals surface area contributed by atoms with Crippen LogP contribution in [0.25, 0.3) is 17.1 Å². The highest BCUT2D eigenvalue weighted by Crippen LogP contribution is 2.22. The van der Waals surface area contributed by atoms with E-state index in [2.05, 4.69) is 10.2 Å². The van der Waals surface area contributed by atoms with E-state index in [0.717, 1.165) is 34.0 Å². The van der Waals surface area contributed by atoms with Gasteiger partial charge in [-0.1, -0.05) is 18.2 Å². The highest BCUT2D eigenvalue weighted by molar-refractivity contribution is 7.71. The number of rotatable bonds is 9. The van der Waals surface area contributed by atoms with E-state index >= 15 is 0 Å². The monoisotopic (exact) mass is 490 g/mol. The third-order valence-electron chi connectivity index (χ3n) is 5.99. The minimum atomic E-state index is 0.0250. The molecule has 0 radical (unpaired) electrons. The van der Waals surface area contributed by atoms with Crippen molar-refractivity contribution in [1.82, 2.24) is 29.4 Å². The van der Waals surface area contributed by atoms with Crippen molar-refractivity contribution in [2.45, 2.75) is 40.3 Å². The summed E-state index contributed by atoms with van der Waals surface area (Å²) in [5.41, 5.74) is 4.91. The van der Waals surface area contributed by atoms with Gasteiger partial charge in [0.05, 0.1) is 18.0 Å². The molecule has 2 aromatic carbocycles. The predicted octanol–water partition coefficient (Wildman–Crippen LogP) is 4.86. The van der Waals surface area contributed by atoms with Crippen molar-refractivity contribution in [2.24, 2.45) is 0 Å². The maximum Gasteiger partial charge on any atom is 0.224 e. The normalized spacial score (nSPS) is 11.0. The first-order chi connectivity index (χ1) is 16.9. The first-order valence-corrected chi connectivity index (χ1v) is 12.0. The van der Waals surface area contributed by atoms with Gasteiger partial charge >= 0.3 is 0 Å². The number of para-hydroxylation sites is 1. The summed E-state index contributed by atoms with van der Waals surface area (Å²) in [7, 11) is 1.82. The first-order valence-electron chi connectivity index (χ1n) is 11.6. The molecule has 1 N–H and O–H groups in total. The molecule has 2 aromatic heterocycles. The molecule has 0 atom stereocenters. The number of aromatic nitrogens is 5. The molecule has 2 heterocycles. The van der Waals surface area contributed by atoms with Crippen LogP contribution in [0.3, 0.4) is 0 Å². The fourth-order valence-electron chi connectivity index (χ4n) is 4.06. The molecule has 0 aliphatic heterocycles.